The predicted octanol–water partition coefficient (Wildman–Crippen LogP) is 0.929. The Morgan fingerprint density at radius 3 is 2.61 bits per heavy atom. The first-order valence-electron chi connectivity index (χ1n) is 5.79. The van der Waals surface area contributed by atoms with Crippen LogP contribution in [0.4, 0.5) is 0 Å². The quantitative estimate of drug-likeness (QED) is 0.803. The highest BCUT2D eigenvalue weighted by atomic mass is 16.5. The molecule has 1 aromatic rings. The van der Waals surface area contributed by atoms with Crippen LogP contribution in [0.15, 0.2) is 29.3 Å². The standard InChI is InChI=1S/C13H14N2O3/c1-2-18-10-5-3-9(4-6-10)7-11-12(16)14-8-15-13(11)17/h3-6,8,11H,2,7H2,1H3,(H,14,15,16,17). The zero-order chi connectivity index (χ0) is 13.0. The summed E-state index contributed by atoms with van der Waals surface area (Å²) in [5.41, 5.74) is 0.907. The number of rotatable bonds is 4. The number of nitrogens with one attached hydrogen (secondary N) is 1. The van der Waals surface area contributed by atoms with Gasteiger partial charge in [0.15, 0.2) is 0 Å². The molecule has 0 saturated heterocycles. The fourth-order valence-electron chi connectivity index (χ4n) is 1.77. The van der Waals surface area contributed by atoms with Gasteiger partial charge in [-0.1, -0.05) is 12.1 Å². The van der Waals surface area contributed by atoms with E-state index in [9.17, 15) is 9.59 Å². The predicted molar refractivity (Wildman–Crippen MR) is 66.4 cm³/mol. The van der Waals surface area contributed by atoms with Gasteiger partial charge in [0, 0.05) is 0 Å². The molecule has 0 bridgehead atoms. The van der Waals surface area contributed by atoms with Crippen molar-refractivity contribution in [2.24, 2.45) is 10.9 Å². The van der Waals surface area contributed by atoms with Crippen LogP contribution in [-0.4, -0.2) is 24.8 Å². The van der Waals surface area contributed by atoms with E-state index in [1.807, 2.05) is 31.2 Å². The second kappa shape index (κ2) is 5.44. The van der Waals surface area contributed by atoms with Gasteiger partial charge in [0.1, 0.15) is 11.7 Å². The van der Waals surface area contributed by atoms with Gasteiger partial charge in [0.25, 0.3) is 5.91 Å². The Morgan fingerprint density at radius 2 is 2.00 bits per heavy atom. The Morgan fingerprint density at radius 1 is 1.28 bits per heavy atom. The molecule has 1 aliphatic rings. The molecular weight excluding hydrogens is 232 g/mol. The molecule has 5 nitrogen and oxygen atoms in total. The first-order chi connectivity index (χ1) is 8.70. The van der Waals surface area contributed by atoms with Crippen LogP contribution in [0.1, 0.15) is 12.5 Å². The van der Waals surface area contributed by atoms with E-state index in [0.29, 0.717) is 13.0 Å². The van der Waals surface area contributed by atoms with Crippen molar-refractivity contribution < 1.29 is 14.3 Å². The van der Waals surface area contributed by atoms with Gasteiger partial charge in [0.2, 0.25) is 5.91 Å². The lowest BCUT2D eigenvalue weighted by molar-refractivity contribution is -0.133. The topological polar surface area (TPSA) is 67.8 Å². The maximum absolute atomic E-state index is 11.5. The van der Waals surface area contributed by atoms with E-state index in [0.717, 1.165) is 17.7 Å². The number of amides is 2. The van der Waals surface area contributed by atoms with Gasteiger partial charge in [0.05, 0.1) is 12.9 Å². The molecule has 94 valence electrons. The normalized spacial score (nSPS) is 18.6. The molecule has 5 heteroatoms. The summed E-state index contributed by atoms with van der Waals surface area (Å²) < 4.78 is 5.32. The number of nitrogens with zero attached hydrogens (tertiary/aromatic N) is 1. The first-order valence-corrected chi connectivity index (χ1v) is 5.79. The zero-order valence-corrected chi connectivity index (χ0v) is 10.1. The van der Waals surface area contributed by atoms with Crippen molar-refractivity contribution >= 4 is 18.2 Å². The van der Waals surface area contributed by atoms with E-state index < -0.39 is 11.8 Å². The van der Waals surface area contributed by atoms with Gasteiger partial charge in [-0.05, 0) is 31.0 Å². The van der Waals surface area contributed by atoms with Crippen molar-refractivity contribution in [3.05, 3.63) is 29.8 Å². The number of benzene rings is 1. The van der Waals surface area contributed by atoms with Gasteiger partial charge in [-0.15, -0.1) is 0 Å². The molecule has 1 atom stereocenters. The van der Waals surface area contributed by atoms with E-state index in [2.05, 4.69) is 10.3 Å². The maximum atomic E-state index is 11.5. The third kappa shape index (κ3) is 2.74. The average Bonchev–Trinajstić information content (AvgIpc) is 2.36. The van der Waals surface area contributed by atoms with Gasteiger partial charge in [-0.25, -0.2) is 4.99 Å². The molecule has 18 heavy (non-hydrogen) atoms. The van der Waals surface area contributed by atoms with Crippen LogP contribution >= 0.6 is 0 Å². The molecule has 2 rings (SSSR count). The third-order valence-electron chi connectivity index (χ3n) is 2.69. The van der Waals surface area contributed by atoms with E-state index in [1.54, 1.807) is 0 Å². The fourth-order valence-corrected chi connectivity index (χ4v) is 1.77. The van der Waals surface area contributed by atoms with Crippen LogP contribution in [0, 0.1) is 5.92 Å². The van der Waals surface area contributed by atoms with Gasteiger partial charge in [-0.2, -0.15) is 0 Å². The minimum atomic E-state index is -0.729. The number of hydrogen-bond donors (Lipinski definition) is 1. The summed E-state index contributed by atoms with van der Waals surface area (Å²) in [6, 6.07) is 7.36. The van der Waals surface area contributed by atoms with E-state index in [1.165, 1.54) is 0 Å². The van der Waals surface area contributed by atoms with Crippen LogP contribution < -0.4 is 10.1 Å². The zero-order valence-electron chi connectivity index (χ0n) is 10.1. The van der Waals surface area contributed by atoms with Crippen molar-refractivity contribution in [3.8, 4) is 5.75 Å². The van der Waals surface area contributed by atoms with Crippen LogP contribution in [0.5, 0.6) is 5.75 Å². The molecule has 0 radical (unpaired) electrons. The highest BCUT2D eigenvalue weighted by Gasteiger charge is 2.28. The Hall–Kier alpha value is -2.17. The number of ether oxygens (including phenoxy) is 1. The minimum absolute atomic E-state index is 0.302. The van der Waals surface area contributed by atoms with Crippen molar-refractivity contribution in [1.82, 2.24) is 5.32 Å². The highest BCUT2D eigenvalue weighted by molar-refractivity contribution is 6.10. The van der Waals surface area contributed by atoms with Crippen molar-refractivity contribution in [3.63, 3.8) is 0 Å². The molecule has 0 aromatic heterocycles. The Balaban J connectivity index is 2.06. The fraction of sp³-hybridized carbons (Fsp3) is 0.308. The Kier molecular flexibility index (Phi) is 3.72. The van der Waals surface area contributed by atoms with Crippen molar-refractivity contribution in [2.45, 2.75) is 13.3 Å². The molecule has 1 aliphatic heterocycles. The lowest BCUT2D eigenvalue weighted by atomic mass is 9.97. The molecule has 0 fully saturated rings. The Bertz CT molecular complexity index is 480. The first kappa shape index (κ1) is 12.3. The Labute approximate surface area is 105 Å². The lowest BCUT2D eigenvalue weighted by Crippen LogP contribution is -2.39. The molecular formula is C13H14N2O3. The maximum Gasteiger partial charge on any atom is 0.259 e. The van der Waals surface area contributed by atoms with Crippen LogP contribution in [0.2, 0.25) is 0 Å². The third-order valence-corrected chi connectivity index (χ3v) is 2.69. The lowest BCUT2D eigenvalue weighted by Gasteiger charge is -2.15. The van der Waals surface area contributed by atoms with E-state index in [-0.39, 0.29) is 5.91 Å². The number of carbonyl (C=O) groups is 2. The van der Waals surface area contributed by atoms with Gasteiger partial charge >= 0.3 is 0 Å². The molecule has 1 unspecified atom stereocenters. The molecule has 1 aromatic carbocycles. The summed E-state index contributed by atoms with van der Waals surface area (Å²) in [4.78, 5) is 26.6. The number of aliphatic imine (C=N–C) groups is 1. The largest absolute Gasteiger partial charge is 0.494 e. The number of carbonyl (C=O) groups excluding carboxylic acids is 2. The molecule has 1 N–H and O–H groups in total. The van der Waals surface area contributed by atoms with Crippen molar-refractivity contribution in [2.75, 3.05) is 6.61 Å². The van der Waals surface area contributed by atoms with E-state index in [4.69, 9.17) is 4.74 Å². The number of hydrogen-bond acceptors (Lipinski definition) is 3. The summed E-state index contributed by atoms with van der Waals surface area (Å²) in [6.07, 6.45) is 1.49. The molecule has 1 heterocycles. The summed E-state index contributed by atoms with van der Waals surface area (Å²) in [5, 5.41) is 2.44. The molecule has 0 aliphatic carbocycles. The minimum Gasteiger partial charge on any atom is -0.494 e. The monoisotopic (exact) mass is 246 g/mol. The molecule has 0 spiro atoms. The highest BCUT2D eigenvalue weighted by Crippen LogP contribution is 2.16. The summed E-state index contributed by atoms with van der Waals surface area (Å²) in [7, 11) is 0. The van der Waals surface area contributed by atoms with Crippen LogP contribution in [-0.2, 0) is 16.0 Å². The van der Waals surface area contributed by atoms with Crippen molar-refractivity contribution in [1.29, 1.82) is 0 Å². The van der Waals surface area contributed by atoms with Gasteiger partial charge < -0.3 is 10.1 Å². The SMILES string of the molecule is CCOc1ccc(CC2C(=O)N=CNC2=O)cc1. The van der Waals surface area contributed by atoms with Gasteiger partial charge in [-0.3, -0.25) is 9.59 Å². The molecule has 0 saturated carbocycles. The smallest absolute Gasteiger partial charge is 0.259 e. The average molecular weight is 246 g/mol. The summed E-state index contributed by atoms with van der Waals surface area (Å²) in [5.74, 6) is -0.650. The summed E-state index contributed by atoms with van der Waals surface area (Å²) >= 11 is 0. The molecule has 2 amide bonds. The van der Waals surface area contributed by atoms with E-state index >= 15 is 0 Å². The van der Waals surface area contributed by atoms with Crippen LogP contribution in [0.25, 0.3) is 0 Å². The second-order valence-corrected chi connectivity index (χ2v) is 3.94. The summed E-state index contributed by atoms with van der Waals surface area (Å²) in [6.45, 7) is 2.52. The second-order valence-electron chi connectivity index (χ2n) is 3.94. The van der Waals surface area contributed by atoms with Crippen LogP contribution in [0.3, 0.4) is 0 Å².